The molecule has 6 nitrogen and oxygen atoms in total. The molecule has 0 heterocycles. The lowest BCUT2D eigenvalue weighted by molar-refractivity contribution is -0.385. The molecule has 0 radical (unpaired) electrons. The topological polar surface area (TPSA) is 84.6 Å². The van der Waals surface area contributed by atoms with Crippen LogP contribution in [0, 0.1) is 17.0 Å². The molecule has 106 valence electrons. The largest absolute Gasteiger partial charge is 0.272 e. The van der Waals surface area contributed by atoms with Gasteiger partial charge >= 0.3 is 0 Å². The summed E-state index contributed by atoms with van der Waals surface area (Å²) in [6, 6.07) is 13.4. The Morgan fingerprint density at radius 3 is 2.62 bits per heavy atom. The van der Waals surface area contributed by atoms with Gasteiger partial charge in [0, 0.05) is 22.8 Å². The Balaban J connectivity index is 2.07. The Kier molecular flexibility index (Phi) is 4.40. The summed E-state index contributed by atoms with van der Waals surface area (Å²) < 4.78 is 0. The molecule has 2 aromatic rings. The molecule has 21 heavy (non-hydrogen) atoms. The molecule has 2 aromatic carbocycles. The van der Waals surface area contributed by atoms with E-state index in [1.807, 2.05) is 6.07 Å². The fourth-order valence-electron chi connectivity index (χ4n) is 1.72. The van der Waals surface area contributed by atoms with Crippen molar-refractivity contribution < 1.29 is 9.72 Å². The maximum absolute atomic E-state index is 11.7. The van der Waals surface area contributed by atoms with Crippen LogP contribution in [0.3, 0.4) is 0 Å². The normalized spacial score (nSPS) is 10.5. The van der Waals surface area contributed by atoms with Crippen molar-refractivity contribution in [2.24, 2.45) is 5.10 Å². The first-order valence-electron chi connectivity index (χ1n) is 6.21. The highest BCUT2D eigenvalue weighted by Crippen LogP contribution is 2.18. The second-order valence-electron chi connectivity index (χ2n) is 4.37. The molecule has 0 fully saturated rings. The number of hydrogen-bond acceptors (Lipinski definition) is 4. The number of carbonyl (C=O) groups is 1. The predicted octanol–water partition coefficient (Wildman–Crippen LogP) is 2.67. The molecule has 0 saturated heterocycles. The van der Waals surface area contributed by atoms with Gasteiger partial charge in [-0.25, -0.2) is 5.43 Å². The highest BCUT2D eigenvalue weighted by atomic mass is 16.6. The maximum Gasteiger partial charge on any atom is 0.272 e. The summed E-state index contributed by atoms with van der Waals surface area (Å²) in [5, 5.41) is 14.6. The molecule has 0 spiro atoms. The lowest BCUT2D eigenvalue weighted by Crippen LogP contribution is -2.17. The van der Waals surface area contributed by atoms with E-state index in [0.717, 1.165) is 0 Å². The lowest BCUT2D eigenvalue weighted by Gasteiger charge is -2.00. The summed E-state index contributed by atoms with van der Waals surface area (Å²) in [5.74, 6) is -0.339. The molecule has 0 bridgehead atoms. The third-order valence-corrected chi connectivity index (χ3v) is 2.85. The van der Waals surface area contributed by atoms with Crippen molar-refractivity contribution >= 4 is 17.8 Å². The SMILES string of the molecule is Cc1ccc(/C=N/NC(=O)c2ccccc2)cc1[N+](=O)[O-]. The van der Waals surface area contributed by atoms with Gasteiger partial charge in [0.1, 0.15) is 0 Å². The maximum atomic E-state index is 11.7. The molecular weight excluding hydrogens is 270 g/mol. The number of amides is 1. The van der Waals surface area contributed by atoms with Gasteiger partial charge in [-0.1, -0.05) is 30.3 Å². The van der Waals surface area contributed by atoms with E-state index in [1.54, 1.807) is 43.3 Å². The van der Waals surface area contributed by atoms with E-state index >= 15 is 0 Å². The minimum atomic E-state index is -0.449. The number of nitro benzene ring substituents is 1. The van der Waals surface area contributed by atoms with Crippen LogP contribution in [0.4, 0.5) is 5.69 Å². The fraction of sp³-hybridized carbons (Fsp3) is 0.0667. The zero-order valence-corrected chi connectivity index (χ0v) is 11.3. The average Bonchev–Trinajstić information content (AvgIpc) is 2.49. The van der Waals surface area contributed by atoms with Gasteiger partial charge in [0.2, 0.25) is 0 Å². The van der Waals surface area contributed by atoms with Crippen LogP contribution in [0.25, 0.3) is 0 Å². The number of hydrogen-bond donors (Lipinski definition) is 1. The first-order valence-corrected chi connectivity index (χ1v) is 6.21. The smallest absolute Gasteiger partial charge is 0.267 e. The van der Waals surface area contributed by atoms with Crippen molar-refractivity contribution in [1.82, 2.24) is 5.43 Å². The highest BCUT2D eigenvalue weighted by Gasteiger charge is 2.10. The van der Waals surface area contributed by atoms with E-state index in [0.29, 0.717) is 16.7 Å². The van der Waals surface area contributed by atoms with Crippen molar-refractivity contribution in [3.05, 3.63) is 75.3 Å². The van der Waals surface area contributed by atoms with Crippen LogP contribution >= 0.6 is 0 Å². The Labute approximate surface area is 121 Å². The monoisotopic (exact) mass is 283 g/mol. The average molecular weight is 283 g/mol. The van der Waals surface area contributed by atoms with Gasteiger partial charge in [0.15, 0.2) is 0 Å². The standard InChI is InChI=1S/C15H13N3O3/c1-11-7-8-12(9-14(11)18(20)21)10-16-17-15(19)13-5-3-2-4-6-13/h2-10H,1H3,(H,17,19)/b16-10+. The Morgan fingerprint density at radius 1 is 1.24 bits per heavy atom. The van der Waals surface area contributed by atoms with Crippen LogP contribution in [0.1, 0.15) is 21.5 Å². The van der Waals surface area contributed by atoms with Crippen LogP contribution in [-0.2, 0) is 0 Å². The Bertz CT molecular complexity index is 697. The van der Waals surface area contributed by atoms with Crippen molar-refractivity contribution in [1.29, 1.82) is 0 Å². The molecule has 0 unspecified atom stereocenters. The molecule has 1 N–H and O–H groups in total. The number of benzene rings is 2. The predicted molar refractivity (Wildman–Crippen MR) is 79.3 cm³/mol. The number of carbonyl (C=O) groups excluding carboxylic acids is 1. The molecule has 0 atom stereocenters. The second-order valence-corrected chi connectivity index (χ2v) is 4.37. The van der Waals surface area contributed by atoms with Crippen molar-refractivity contribution in [2.75, 3.05) is 0 Å². The van der Waals surface area contributed by atoms with E-state index in [2.05, 4.69) is 10.5 Å². The molecular formula is C15H13N3O3. The highest BCUT2D eigenvalue weighted by molar-refractivity contribution is 5.94. The van der Waals surface area contributed by atoms with E-state index in [-0.39, 0.29) is 11.6 Å². The minimum absolute atomic E-state index is 0.0216. The van der Waals surface area contributed by atoms with Crippen molar-refractivity contribution in [3.8, 4) is 0 Å². The first-order chi connectivity index (χ1) is 10.1. The van der Waals surface area contributed by atoms with Gasteiger partial charge in [-0.3, -0.25) is 14.9 Å². The lowest BCUT2D eigenvalue weighted by atomic mass is 10.1. The van der Waals surface area contributed by atoms with Crippen LogP contribution in [0.15, 0.2) is 53.6 Å². The van der Waals surface area contributed by atoms with Crippen LogP contribution in [0.5, 0.6) is 0 Å². The zero-order valence-electron chi connectivity index (χ0n) is 11.3. The summed E-state index contributed by atoms with van der Waals surface area (Å²) in [4.78, 5) is 22.1. The summed E-state index contributed by atoms with van der Waals surface area (Å²) in [6.07, 6.45) is 1.37. The number of aryl methyl sites for hydroxylation is 1. The Morgan fingerprint density at radius 2 is 1.95 bits per heavy atom. The second kappa shape index (κ2) is 6.42. The molecule has 2 rings (SSSR count). The van der Waals surface area contributed by atoms with Crippen LogP contribution in [0.2, 0.25) is 0 Å². The molecule has 0 aromatic heterocycles. The molecule has 0 aliphatic heterocycles. The summed E-state index contributed by atoms with van der Waals surface area (Å²) >= 11 is 0. The number of nitrogens with one attached hydrogen (secondary N) is 1. The van der Waals surface area contributed by atoms with Gasteiger partial charge in [-0.2, -0.15) is 5.10 Å². The molecule has 0 aliphatic rings. The summed E-state index contributed by atoms with van der Waals surface area (Å²) in [7, 11) is 0. The minimum Gasteiger partial charge on any atom is -0.267 e. The molecule has 0 saturated carbocycles. The van der Waals surface area contributed by atoms with E-state index in [4.69, 9.17) is 0 Å². The first kappa shape index (κ1) is 14.4. The number of nitrogens with zero attached hydrogens (tertiary/aromatic N) is 2. The quantitative estimate of drug-likeness (QED) is 0.532. The zero-order chi connectivity index (χ0) is 15.2. The number of nitro groups is 1. The third kappa shape index (κ3) is 3.73. The molecule has 0 aliphatic carbocycles. The Hall–Kier alpha value is -3.02. The summed E-state index contributed by atoms with van der Waals surface area (Å²) in [6.45, 7) is 1.66. The number of rotatable bonds is 4. The van der Waals surface area contributed by atoms with Gasteiger partial charge in [0.05, 0.1) is 11.1 Å². The van der Waals surface area contributed by atoms with Crippen LogP contribution in [-0.4, -0.2) is 17.0 Å². The number of hydrazone groups is 1. The van der Waals surface area contributed by atoms with Crippen LogP contribution < -0.4 is 5.43 Å². The molecule has 6 heteroatoms. The van der Waals surface area contributed by atoms with Gasteiger partial charge < -0.3 is 0 Å². The third-order valence-electron chi connectivity index (χ3n) is 2.85. The van der Waals surface area contributed by atoms with Gasteiger partial charge in [0.25, 0.3) is 11.6 Å². The van der Waals surface area contributed by atoms with Crippen molar-refractivity contribution in [2.45, 2.75) is 6.92 Å². The van der Waals surface area contributed by atoms with Gasteiger partial charge in [-0.05, 0) is 19.1 Å². The van der Waals surface area contributed by atoms with Crippen molar-refractivity contribution in [3.63, 3.8) is 0 Å². The summed E-state index contributed by atoms with van der Waals surface area (Å²) in [5.41, 5.74) is 4.00. The molecule has 1 amide bonds. The fourth-order valence-corrected chi connectivity index (χ4v) is 1.72. The van der Waals surface area contributed by atoms with E-state index < -0.39 is 4.92 Å². The van der Waals surface area contributed by atoms with E-state index in [1.165, 1.54) is 12.3 Å². The van der Waals surface area contributed by atoms with Gasteiger partial charge in [-0.15, -0.1) is 0 Å². The van der Waals surface area contributed by atoms with E-state index in [9.17, 15) is 14.9 Å².